The zero-order valence-electron chi connectivity index (χ0n) is 4.90. The third-order valence-electron chi connectivity index (χ3n) is 0.916. The predicted octanol–water partition coefficient (Wildman–Crippen LogP) is -0.0494. The van der Waals surface area contributed by atoms with Gasteiger partial charge in [0, 0.05) is 17.7 Å². The van der Waals surface area contributed by atoms with Gasteiger partial charge in [0.05, 0.1) is 0 Å². The standard InChI is InChI=1S/C6H4NO3/c8-3-4-1-5(9)7-6(10)2-4/h1-2H,(H2,7,9,10). The molecule has 4 nitrogen and oxygen atoms in total. The van der Waals surface area contributed by atoms with Crippen molar-refractivity contribution in [2.75, 3.05) is 0 Å². The van der Waals surface area contributed by atoms with Crippen LogP contribution in [0.2, 0.25) is 0 Å². The van der Waals surface area contributed by atoms with Crippen LogP contribution in [0.5, 0.6) is 11.8 Å². The molecule has 0 unspecified atom stereocenters. The van der Waals surface area contributed by atoms with Gasteiger partial charge in [-0.15, -0.1) is 0 Å². The summed E-state index contributed by atoms with van der Waals surface area (Å²) in [5, 5.41) is 17.4. The van der Waals surface area contributed by atoms with Crippen LogP contribution >= 0.6 is 0 Å². The van der Waals surface area contributed by atoms with E-state index in [4.69, 9.17) is 10.2 Å². The van der Waals surface area contributed by atoms with E-state index in [0.29, 0.717) is 0 Å². The first kappa shape index (κ1) is 6.54. The van der Waals surface area contributed by atoms with Crippen LogP contribution in [0.25, 0.3) is 0 Å². The zero-order chi connectivity index (χ0) is 7.56. The van der Waals surface area contributed by atoms with E-state index in [1.807, 2.05) is 0 Å². The summed E-state index contributed by atoms with van der Waals surface area (Å²) < 4.78 is 0. The topological polar surface area (TPSA) is 70.4 Å². The normalized spacial score (nSPS) is 9.20. The van der Waals surface area contributed by atoms with Crippen molar-refractivity contribution in [2.45, 2.75) is 0 Å². The minimum atomic E-state index is -0.390. The predicted molar refractivity (Wildman–Crippen MR) is 32.4 cm³/mol. The Bertz CT molecular complexity index is 239. The van der Waals surface area contributed by atoms with Crippen molar-refractivity contribution in [2.24, 2.45) is 0 Å². The molecule has 0 atom stereocenters. The Morgan fingerprint density at radius 2 is 1.80 bits per heavy atom. The summed E-state index contributed by atoms with van der Waals surface area (Å²) in [4.78, 5) is 13.2. The fraction of sp³-hybridized carbons (Fsp3) is 0. The number of aromatic nitrogens is 1. The summed E-state index contributed by atoms with van der Waals surface area (Å²) in [6, 6.07) is 2.21. The molecule has 0 amide bonds. The van der Waals surface area contributed by atoms with Crippen LogP contribution in [-0.4, -0.2) is 21.5 Å². The van der Waals surface area contributed by atoms with Crippen LogP contribution in [0.3, 0.4) is 0 Å². The van der Waals surface area contributed by atoms with E-state index >= 15 is 0 Å². The van der Waals surface area contributed by atoms with Gasteiger partial charge in [0.25, 0.3) is 0 Å². The summed E-state index contributed by atoms with van der Waals surface area (Å²) in [5.41, 5.74) is 0.0741. The maximum atomic E-state index is 9.94. The Hall–Kier alpha value is -1.58. The van der Waals surface area contributed by atoms with E-state index in [2.05, 4.69) is 4.98 Å². The fourth-order valence-electron chi connectivity index (χ4n) is 0.561. The molecule has 0 saturated carbocycles. The van der Waals surface area contributed by atoms with Gasteiger partial charge >= 0.3 is 0 Å². The van der Waals surface area contributed by atoms with Crippen LogP contribution in [0.4, 0.5) is 0 Å². The molecule has 4 heteroatoms. The minimum Gasteiger partial charge on any atom is -0.493 e. The Morgan fingerprint density at radius 3 is 2.20 bits per heavy atom. The lowest BCUT2D eigenvalue weighted by atomic mass is 10.3. The molecule has 1 heterocycles. The van der Waals surface area contributed by atoms with E-state index in [9.17, 15) is 4.79 Å². The van der Waals surface area contributed by atoms with Crippen molar-refractivity contribution in [3.8, 4) is 11.8 Å². The number of hydrogen-bond donors (Lipinski definition) is 2. The summed E-state index contributed by atoms with van der Waals surface area (Å²) in [7, 11) is 0. The molecule has 1 radical (unpaired) electrons. The van der Waals surface area contributed by atoms with E-state index < -0.39 is 11.8 Å². The van der Waals surface area contributed by atoms with Crippen LogP contribution in [0, 0.1) is 0 Å². The van der Waals surface area contributed by atoms with E-state index in [1.54, 1.807) is 0 Å². The average Bonchev–Trinajstić information content (AvgIpc) is 1.85. The SMILES string of the molecule is O=[C]c1cc(O)nc(O)c1. The number of aromatic hydroxyl groups is 2. The Labute approximate surface area is 56.8 Å². The van der Waals surface area contributed by atoms with Gasteiger partial charge in [-0.25, -0.2) is 0 Å². The molecule has 0 spiro atoms. The molecule has 0 fully saturated rings. The molecule has 1 aromatic heterocycles. The maximum Gasteiger partial charge on any atom is 0.233 e. The molecule has 51 valence electrons. The molecular formula is C6H4NO3. The van der Waals surface area contributed by atoms with E-state index in [1.165, 1.54) is 6.29 Å². The van der Waals surface area contributed by atoms with Gasteiger partial charge < -0.3 is 10.2 Å². The second-order valence-corrected chi connectivity index (χ2v) is 1.67. The van der Waals surface area contributed by atoms with Crippen LogP contribution in [-0.2, 0) is 4.79 Å². The Balaban J connectivity index is 3.18. The van der Waals surface area contributed by atoms with Crippen LogP contribution in [0.1, 0.15) is 5.56 Å². The lowest BCUT2D eigenvalue weighted by molar-refractivity contribution is 0.413. The summed E-state index contributed by atoms with van der Waals surface area (Å²) in [6.45, 7) is 0. The van der Waals surface area contributed by atoms with Crippen LogP contribution in [0.15, 0.2) is 12.1 Å². The van der Waals surface area contributed by atoms with Crippen molar-refractivity contribution < 1.29 is 15.0 Å². The average molecular weight is 138 g/mol. The molecule has 0 aliphatic carbocycles. The number of rotatable bonds is 1. The summed E-state index contributed by atoms with van der Waals surface area (Å²) >= 11 is 0. The Kier molecular flexibility index (Phi) is 1.53. The smallest absolute Gasteiger partial charge is 0.233 e. The molecule has 0 aliphatic heterocycles. The van der Waals surface area contributed by atoms with Crippen LogP contribution < -0.4 is 0 Å². The van der Waals surface area contributed by atoms with Gasteiger partial charge in [-0.1, -0.05) is 0 Å². The van der Waals surface area contributed by atoms with Gasteiger partial charge in [0.2, 0.25) is 18.0 Å². The van der Waals surface area contributed by atoms with Gasteiger partial charge in [-0.2, -0.15) is 4.98 Å². The molecule has 0 aliphatic rings. The van der Waals surface area contributed by atoms with Gasteiger partial charge in [0.1, 0.15) is 0 Å². The van der Waals surface area contributed by atoms with Crippen molar-refractivity contribution in [1.82, 2.24) is 4.98 Å². The lowest BCUT2D eigenvalue weighted by Crippen LogP contribution is -1.82. The number of pyridine rings is 1. The van der Waals surface area contributed by atoms with Crippen molar-refractivity contribution in [1.29, 1.82) is 0 Å². The molecule has 2 N–H and O–H groups in total. The molecule has 0 saturated heterocycles. The highest BCUT2D eigenvalue weighted by Crippen LogP contribution is 2.12. The first-order chi connectivity index (χ1) is 4.72. The molecular weight excluding hydrogens is 134 g/mol. The third-order valence-corrected chi connectivity index (χ3v) is 0.916. The molecule has 0 aromatic carbocycles. The second-order valence-electron chi connectivity index (χ2n) is 1.67. The summed E-state index contributed by atoms with van der Waals surface area (Å²) in [5.74, 6) is -0.781. The highest BCUT2D eigenvalue weighted by atomic mass is 16.3. The summed E-state index contributed by atoms with van der Waals surface area (Å²) in [6.07, 6.45) is 1.50. The Morgan fingerprint density at radius 1 is 1.30 bits per heavy atom. The second kappa shape index (κ2) is 2.34. The maximum absolute atomic E-state index is 9.94. The first-order valence-electron chi connectivity index (χ1n) is 2.50. The van der Waals surface area contributed by atoms with Crippen molar-refractivity contribution >= 4 is 6.29 Å². The molecule has 10 heavy (non-hydrogen) atoms. The molecule has 0 bridgehead atoms. The highest BCUT2D eigenvalue weighted by molar-refractivity contribution is 5.76. The monoisotopic (exact) mass is 138 g/mol. The first-order valence-corrected chi connectivity index (χ1v) is 2.50. The van der Waals surface area contributed by atoms with Crippen molar-refractivity contribution in [3.05, 3.63) is 17.7 Å². The quantitative estimate of drug-likeness (QED) is 0.570. The van der Waals surface area contributed by atoms with E-state index in [-0.39, 0.29) is 5.56 Å². The number of hydrogen-bond acceptors (Lipinski definition) is 4. The number of carbonyl (C=O) groups excluding carboxylic acids is 1. The molecule has 1 aromatic rings. The number of nitrogens with zero attached hydrogens (tertiary/aromatic N) is 1. The third kappa shape index (κ3) is 1.22. The minimum absolute atomic E-state index is 0.0741. The van der Waals surface area contributed by atoms with E-state index in [0.717, 1.165) is 12.1 Å². The van der Waals surface area contributed by atoms with Gasteiger partial charge in [0.15, 0.2) is 0 Å². The fourth-order valence-corrected chi connectivity index (χ4v) is 0.561. The van der Waals surface area contributed by atoms with Gasteiger partial charge in [-0.3, -0.25) is 4.79 Å². The van der Waals surface area contributed by atoms with Gasteiger partial charge in [-0.05, 0) is 0 Å². The van der Waals surface area contributed by atoms with Crippen molar-refractivity contribution in [3.63, 3.8) is 0 Å². The lowest BCUT2D eigenvalue weighted by Gasteiger charge is -1.92. The highest BCUT2D eigenvalue weighted by Gasteiger charge is 1.98. The molecule has 1 rings (SSSR count). The largest absolute Gasteiger partial charge is 0.493 e. The zero-order valence-corrected chi connectivity index (χ0v) is 4.90.